The average Bonchev–Trinajstić information content (AvgIpc) is 2.31. The molecule has 2 nitrogen and oxygen atoms in total. The van der Waals surface area contributed by atoms with E-state index in [1.807, 2.05) is 11.8 Å². The molecule has 100 valence electrons. The zero-order valence-corrected chi connectivity index (χ0v) is 11.7. The summed E-state index contributed by atoms with van der Waals surface area (Å²) in [6.45, 7) is 2.13. The fraction of sp³-hybridized carbons (Fsp3) is 0.500. The number of hydrogen-bond donors (Lipinski definition) is 2. The standard InChI is InChI=1S/C12H16F2N2S2/c1-7-12(18-3-2-17-7)11(16-15)8-4-9(13)6-10(14)5-8/h4-7,11-12,16H,2-3,15H2,1H3. The van der Waals surface area contributed by atoms with E-state index in [2.05, 4.69) is 12.3 Å². The van der Waals surface area contributed by atoms with Crippen LogP contribution in [0.3, 0.4) is 0 Å². The molecule has 0 aliphatic carbocycles. The SMILES string of the molecule is CC1SCCSC1C(NN)c1cc(F)cc(F)c1. The molecule has 0 aromatic heterocycles. The van der Waals surface area contributed by atoms with Crippen molar-refractivity contribution in [2.24, 2.45) is 5.84 Å². The number of thioether (sulfide) groups is 2. The van der Waals surface area contributed by atoms with Gasteiger partial charge in [-0.1, -0.05) is 6.92 Å². The second-order valence-electron chi connectivity index (χ2n) is 4.26. The first-order valence-corrected chi connectivity index (χ1v) is 7.87. The summed E-state index contributed by atoms with van der Waals surface area (Å²) in [6, 6.07) is 3.34. The van der Waals surface area contributed by atoms with Crippen molar-refractivity contribution in [1.29, 1.82) is 0 Å². The van der Waals surface area contributed by atoms with Gasteiger partial charge in [0.1, 0.15) is 11.6 Å². The van der Waals surface area contributed by atoms with Gasteiger partial charge in [0, 0.05) is 28.1 Å². The van der Waals surface area contributed by atoms with Crippen molar-refractivity contribution >= 4 is 23.5 Å². The molecular weight excluding hydrogens is 274 g/mol. The fourth-order valence-electron chi connectivity index (χ4n) is 2.15. The van der Waals surface area contributed by atoms with Crippen molar-refractivity contribution in [3.8, 4) is 0 Å². The Morgan fingerprint density at radius 1 is 1.22 bits per heavy atom. The number of halogens is 2. The minimum absolute atomic E-state index is 0.218. The van der Waals surface area contributed by atoms with E-state index in [-0.39, 0.29) is 11.3 Å². The minimum atomic E-state index is -0.564. The number of nitrogens with two attached hydrogens (primary N) is 1. The third-order valence-corrected chi connectivity index (χ3v) is 6.18. The maximum absolute atomic E-state index is 13.3. The Morgan fingerprint density at radius 3 is 2.39 bits per heavy atom. The predicted molar refractivity (Wildman–Crippen MR) is 74.6 cm³/mol. The zero-order chi connectivity index (χ0) is 13.1. The molecule has 1 aliphatic heterocycles. The van der Waals surface area contributed by atoms with Crippen LogP contribution in [0.1, 0.15) is 18.5 Å². The molecule has 0 saturated carbocycles. The zero-order valence-electron chi connectivity index (χ0n) is 10.0. The molecule has 3 atom stereocenters. The van der Waals surface area contributed by atoms with Crippen LogP contribution in [0.25, 0.3) is 0 Å². The van der Waals surface area contributed by atoms with E-state index >= 15 is 0 Å². The van der Waals surface area contributed by atoms with Crippen molar-refractivity contribution in [2.45, 2.75) is 23.5 Å². The maximum atomic E-state index is 13.3. The number of hydrazine groups is 1. The van der Waals surface area contributed by atoms with E-state index < -0.39 is 11.6 Å². The van der Waals surface area contributed by atoms with Crippen LogP contribution < -0.4 is 11.3 Å². The second kappa shape index (κ2) is 6.23. The Balaban J connectivity index is 2.26. The van der Waals surface area contributed by atoms with Crippen molar-refractivity contribution in [3.63, 3.8) is 0 Å². The molecule has 3 N–H and O–H groups in total. The Hall–Kier alpha value is -0.300. The minimum Gasteiger partial charge on any atom is -0.271 e. The van der Waals surface area contributed by atoms with E-state index in [0.29, 0.717) is 10.8 Å². The summed E-state index contributed by atoms with van der Waals surface area (Å²) < 4.78 is 26.5. The summed E-state index contributed by atoms with van der Waals surface area (Å²) >= 11 is 3.67. The first kappa shape index (κ1) is 14.1. The summed E-state index contributed by atoms with van der Waals surface area (Å²) in [5.74, 6) is 6.60. The third kappa shape index (κ3) is 3.17. The van der Waals surface area contributed by atoms with Gasteiger partial charge in [0.05, 0.1) is 6.04 Å². The first-order valence-electron chi connectivity index (χ1n) is 5.77. The van der Waals surface area contributed by atoms with Crippen LogP contribution in [-0.2, 0) is 0 Å². The van der Waals surface area contributed by atoms with Crippen LogP contribution in [0.5, 0.6) is 0 Å². The van der Waals surface area contributed by atoms with Gasteiger partial charge >= 0.3 is 0 Å². The van der Waals surface area contributed by atoms with Gasteiger partial charge in [-0.25, -0.2) is 8.78 Å². The molecule has 1 fully saturated rings. The summed E-state index contributed by atoms with van der Waals surface area (Å²) in [6.07, 6.45) is 0. The number of rotatable bonds is 3. The van der Waals surface area contributed by atoms with Crippen LogP contribution in [-0.4, -0.2) is 22.0 Å². The normalized spacial score (nSPS) is 26.0. The highest BCUT2D eigenvalue weighted by Gasteiger charge is 2.31. The molecule has 1 aromatic rings. The van der Waals surface area contributed by atoms with Crippen LogP contribution in [0.4, 0.5) is 8.78 Å². The highest BCUT2D eigenvalue weighted by Crippen LogP contribution is 2.38. The summed E-state index contributed by atoms with van der Waals surface area (Å²) in [5, 5.41) is 0.617. The van der Waals surface area contributed by atoms with Gasteiger partial charge in [0.25, 0.3) is 0 Å². The molecule has 0 amide bonds. The summed E-state index contributed by atoms with van der Waals surface area (Å²) in [7, 11) is 0. The van der Waals surface area contributed by atoms with E-state index in [1.54, 1.807) is 11.8 Å². The molecule has 3 unspecified atom stereocenters. The predicted octanol–water partition coefficient (Wildman–Crippen LogP) is 2.71. The van der Waals surface area contributed by atoms with Gasteiger partial charge in [-0.15, -0.1) is 0 Å². The summed E-state index contributed by atoms with van der Waals surface area (Å²) in [5.41, 5.74) is 3.28. The summed E-state index contributed by atoms with van der Waals surface area (Å²) in [4.78, 5) is 0. The molecular formula is C12H16F2N2S2. The van der Waals surface area contributed by atoms with Crippen molar-refractivity contribution in [2.75, 3.05) is 11.5 Å². The lowest BCUT2D eigenvalue weighted by Gasteiger charge is -2.34. The van der Waals surface area contributed by atoms with Crippen molar-refractivity contribution in [1.82, 2.24) is 5.43 Å². The number of benzene rings is 1. The smallest absolute Gasteiger partial charge is 0.126 e. The molecule has 0 spiro atoms. The van der Waals surface area contributed by atoms with Crippen molar-refractivity contribution in [3.05, 3.63) is 35.4 Å². The van der Waals surface area contributed by atoms with E-state index in [4.69, 9.17) is 5.84 Å². The molecule has 1 aliphatic rings. The third-order valence-electron chi connectivity index (χ3n) is 2.99. The largest absolute Gasteiger partial charge is 0.271 e. The van der Waals surface area contributed by atoms with E-state index in [0.717, 1.165) is 17.6 Å². The molecule has 6 heteroatoms. The Labute approximate surface area is 114 Å². The monoisotopic (exact) mass is 290 g/mol. The molecule has 1 saturated heterocycles. The van der Waals surface area contributed by atoms with Gasteiger partial charge in [-0.05, 0) is 17.7 Å². The Morgan fingerprint density at radius 2 is 1.83 bits per heavy atom. The Bertz CT molecular complexity index is 397. The molecule has 0 radical (unpaired) electrons. The van der Waals surface area contributed by atoms with E-state index in [9.17, 15) is 8.78 Å². The highest BCUT2D eigenvalue weighted by molar-refractivity contribution is 8.07. The van der Waals surface area contributed by atoms with E-state index in [1.165, 1.54) is 12.1 Å². The molecule has 2 rings (SSSR count). The van der Waals surface area contributed by atoms with Gasteiger partial charge in [-0.2, -0.15) is 23.5 Å². The fourth-order valence-corrected chi connectivity index (χ4v) is 5.08. The topological polar surface area (TPSA) is 38.0 Å². The molecule has 1 aromatic carbocycles. The molecule has 1 heterocycles. The lowest BCUT2D eigenvalue weighted by Crippen LogP contribution is -2.41. The average molecular weight is 290 g/mol. The van der Waals surface area contributed by atoms with Gasteiger partial charge in [0.2, 0.25) is 0 Å². The van der Waals surface area contributed by atoms with Crippen LogP contribution in [0.2, 0.25) is 0 Å². The van der Waals surface area contributed by atoms with Gasteiger partial charge < -0.3 is 0 Å². The van der Waals surface area contributed by atoms with Gasteiger partial charge in [-0.3, -0.25) is 11.3 Å². The maximum Gasteiger partial charge on any atom is 0.126 e. The van der Waals surface area contributed by atoms with Crippen LogP contribution in [0.15, 0.2) is 18.2 Å². The Kier molecular flexibility index (Phi) is 4.89. The lowest BCUT2D eigenvalue weighted by atomic mass is 10.0. The quantitative estimate of drug-likeness (QED) is 0.663. The number of hydrogen-bond acceptors (Lipinski definition) is 4. The second-order valence-corrected chi connectivity index (χ2v) is 7.03. The van der Waals surface area contributed by atoms with Crippen LogP contribution in [0, 0.1) is 11.6 Å². The number of nitrogens with one attached hydrogen (secondary N) is 1. The van der Waals surface area contributed by atoms with Gasteiger partial charge in [0.15, 0.2) is 0 Å². The van der Waals surface area contributed by atoms with Crippen molar-refractivity contribution < 1.29 is 8.78 Å². The molecule has 0 bridgehead atoms. The lowest BCUT2D eigenvalue weighted by molar-refractivity contribution is 0.512. The highest BCUT2D eigenvalue weighted by atomic mass is 32.2. The molecule has 18 heavy (non-hydrogen) atoms. The first-order chi connectivity index (χ1) is 8.61. The van der Waals surface area contributed by atoms with Crippen LogP contribution >= 0.6 is 23.5 Å².